The molecule has 1 aliphatic rings. The van der Waals surface area contributed by atoms with E-state index in [4.69, 9.17) is 0 Å². The van der Waals surface area contributed by atoms with Crippen LogP contribution in [0.2, 0.25) is 0 Å². The van der Waals surface area contributed by atoms with E-state index in [1.54, 1.807) is 0 Å². The lowest BCUT2D eigenvalue weighted by Crippen LogP contribution is -2.24. The Morgan fingerprint density at radius 1 is 1.10 bits per heavy atom. The molecule has 0 amide bonds. The van der Waals surface area contributed by atoms with E-state index in [1.807, 2.05) is 0 Å². The van der Waals surface area contributed by atoms with Crippen molar-refractivity contribution in [1.82, 2.24) is 10.2 Å². The fourth-order valence-electron chi connectivity index (χ4n) is 2.59. The molecule has 0 aliphatic heterocycles. The Labute approximate surface area is 124 Å². The third kappa shape index (κ3) is 4.92. The van der Waals surface area contributed by atoms with Crippen molar-refractivity contribution < 1.29 is 0 Å². The molecular formula is C18H30N2. The largest absolute Gasteiger partial charge is 0.316 e. The minimum Gasteiger partial charge on any atom is -0.316 e. The monoisotopic (exact) mass is 274 g/mol. The van der Waals surface area contributed by atoms with E-state index < -0.39 is 0 Å². The molecule has 1 N–H and O–H groups in total. The van der Waals surface area contributed by atoms with Crippen LogP contribution in [0.25, 0.3) is 0 Å². The van der Waals surface area contributed by atoms with E-state index in [0.29, 0.717) is 5.92 Å². The summed E-state index contributed by atoms with van der Waals surface area (Å²) >= 11 is 0. The van der Waals surface area contributed by atoms with Crippen molar-refractivity contribution in [1.29, 1.82) is 0 Å². The lowest BCUT2D eigenvalue weighted by atomic mass is 9.99. The second kappa shape index (κ2) is 7.24. The van der Waals surface area contributed by atoms with E-state index >= 15 is 0 Å². The number of hydrogen-bond donors (Lipinski definition) is 1. The van der Waals surface area contributed by atoms with Gasteiger partial charge in [-0.15, -0.1) is 0 Å². The molecule has 1 aliphatic carbocycles. The van der Waals surface area contributed by atoms with Crippen molar-refractivity contribution in [2.75, 3.05) is 20.1 Å². The van der Waals surface area contributed by atoms with Gasteiger partial charge in [-0.05, 0) is 49.4 Å². The Kier molecular flexibility index (Phi) is 5.62. The molecule has 0 heterocycles. The highest BCUT2D eigenvalue weighted by Crippen LogP contribution is 2.26. The molecule has 2 heteroatoms. The van der Waals surface area contributed by atoms with Gasteiger partial charge in [0.2, 0.25) is 0 Å². The summed E-state index contributed by atoms with van der Waals surface area (Å²) in [5.41, 5.74) is 2.88. The zero-order chi connectivity index (χ0) is 14.5. The molecule has 20 heavy (non-hydrogen) atoms. The first kappa shape index (κ1) is 15.5. The molecule has 0 bridgehead atoms. The summed E-state index contributed by atoms with van der Waals surface area (Å²) in [5.74, 6) is 1.31. The first-order chi connectivity index (χ1) is 9.56. The van der Waals surface area contributed by atoms with Crippen LogP contribution in [0.5, 0.6) is 0 Å². The van der Waals surface area contributed by atoms with Crippen molar-refractivity contribution in [3.63, 3.8) is 0 Å². The lowest BCUT2D eigenvalue weighted by molar-refractivity contribution is 0.316. The average molecular weight is 274 g/mol. The summed E-state index contributed by atoms with van der Waals surface area (Å²) in [5, 5.41) is 3.54. The average Bonchev–Trinajstić information content (AvgIpc) is 3.23. The van der Waals surface area contributed by atoms with Gasteiger partial charge in [0.1, 0.15) is 0 Å². The molecule has 112 valence electrons. The van der Waals surface area contributed by atoms with E-state index in [9.17, 15) is 0 Å². The first-order valence-electron chi connectivity index (χ1n) is 8.06. The highest BCUT2D eigenvalue weighted by molar-refractivity contribution is 5.25. The van der Waals surface area contributed by atoms with Gasteiger partial charge < -0.3 is 5.32 Å². The number of nitrogens with zero attached hydrogens (tertiary/aromatic N) is 1. The summed E-state index contributed by atoms with van der Waals surface area (Å²) in [4.78, 5) is 2.47. The van der Waals surface area contributed by atoms with Crippen LogP contribution in [0, 0.1) is 5.92 Å². The fraction of sp³-hybridized carbons (Fsp3) is 0.667. The van der Waals surface area contributed by atoms with E-state index in [1.165, 1.54) is 24.0 Å². The summed E-state index contributed by atoms with van der Waals surface area (Å²) in [6.45, 7) is 10.1. The van der Waals surface area contributed by atoms with Crippen LogP contribution in [-0.4, -0.2) is 31.1 Å². The molecule has 2 nitrogen and oxygen atoms in total. The molecule has 0 saturated heterocycles. The molecule has 0 spiro atoms. The lowest BCUT2D eigenvalue weighted by Gasteiger charge is -2.17. The standard InChI is InChI=1S/C18H30N2/c1-14(2)11-19-12-15(3)17-7-5-16(6-8-17)13-20(4)18-9-10-18/h5-8,14-15,18-19H,9-13H2,1-4H3. The molecule has 1 saturated carbocycles. The zero-order valence-corrected chi connectivity index (χ0v) is 13.5. The summed E-state index contributed by atoms with van der Waals surface area (Å²) in [6, 6.07) is 10.0. The Hall–Kier alpha value is -0.860. The molecule has 0 aromatic heterocycles. The van der Waals surface area contributed by atoms with Gasteiger partial charge in [0.05, 0.1) is 0 Å². The number of benzene rings is 1. The summed E-state index contributed by atoms with van der Waals surface area (Å²) < 4.78 is 0. The highest BCUT2D eigenvalue weighted by atomic mass is 15.1. The minimum atomic E-state index is 0.587. The van der Waals surface area contributed by atoms with Gasteiger partial charge in [-0.1, -0.05) is 45.0 Å². The van der Waals surface area contributed by atoms with Gasteiger partial charge >= 0.3 is 0 Å². The van der Waals surface area contributed by atoms with Gasteiger partial charge in [0.25, 0.3) is 0 Å². The van der Waals surface area contributed by atoms with Crippen LogP contribution in [0.1, 0.15) is 50.7 Å². The molecule has 2 rings (SSSR count). The van der Waals surface area contributed by atoms with Gasteiger partial charge in [0, 0.05) is 19.1 Å². The molecule has 1 fully saturated rings. The van der Waals surface area contributed by atoms with E-state index in [-0.39, 0.29) is 0 Å². The maximum Gasteiger partial charge on any atom is 0.0233 e. The number of rotatable bonds is 8. The third-order valence-electron chi connectivity index (χ3n) is 4.15. The quantitative estimate of drug-likeness (QED) is 0.779. The third-order valence-corrected chi connectivity index (χ3v) is 4.15. The molecule has 0 radical (unpaired) electrons. The van der Waals surface area contributed by atoms with Crippen molar-refractivity contribution in [2.24, 2.45) is 5.92 Å². The molecule has 1 aromatic carbocycles. The fourth-order valence-corrected chi connectivity index (χ4v) is 2.59. The SMILES string of the molecule is CC(C)CNCC(C)c1ccc(CN(C)C2CC2)cc1. The topological polar surface area (TPSA) is 15.3 Å². The van der Waals surface area contributed by atoms with Crippen molar-refractivity contribution in [2.45, 2.75) is 52.1 Å². The van der Waals surface area contributed by atoms with Crippen molar-refractivity contribution in [3.8, 4) is 0 Å². The second-order valence-corrected chi connectivity index (χ2v) is 6.84. The molecule has 1 aromatic rings. The van der Waals surface area contributed by atoms with Crippen LogP contribution in [0.3, 0.4) is 0 Å². The van der Waals surface area contributed by atoms with E-state index in [0.717, 1.165) is 31.6 Å². The van der Waals surface area contributed by atoms with Crippen LogP contribution < -0.4 is 5.32 Å². The van der Waals surface area contributed by atoms with Gasteiger partial charge in [0.15, 0.2) is 0 Å². The van der Waals surface area contributed by atoms with Gasteiger partial charge in [-0.25, -0.2) is 0 Å². The van der Waals surface area contributed by atoms with Crippen LogP contribution in [-0.2, 0) is 6.54 Å². The van der Waals surface area contributed by atoms with Crippen LogP contribution in [0.4, 0.5) is 0 Å². The Morgan fingerprint density at radius 3 is 2.30 bits per heavy atom. The maximum absolute atomic E-state index is 3.54. The van der Waals surface area contributed by atoms with E-state index in [2.05, 4.69) is 62.3 Å². The first-order valence-corrected chi connectivity index (χ1v) is 8.06. The predicted octanol–water partition coefficient (Wildman–Crippen LogP) is 3.63. The van der Waals surface area contributed by atoms with Crippen LogP contribution >= 0.6 is 0 Å². The summed E-state index contributed by atoms with van der Waals surface area (Å²) in [7, 11) is 2.24. The summed E-state index contributed by atoms with van der Waals surface area (Å²) in [6.07, 6.45) is 2.76. The Balaban J connectivity index is 1.80. The minimum absolute atomic E-state index is 0.587. The normalized spacial score (nSPS) is 16.9. The van der Waals surface area contributed by atoms with Crippen LogP contribution in [0.15, 0.2) is 24.3 Å². The van der Waals surface area contributed by atoms with Gasteiger partial charge in [-0.3, -0.25) is 4.90 Å². The number of nitrogens with one attached hydrogen (secondary N) is 1. The molecule has 1 unspecified atom stereocenters. The zero-order valence-electron chi connectivity index (χ0n) is 13.5. The maximum atomic E-state index is 3.54. The van der Waals surface area contributed by atoms with Crippen molar-refractivity contribution in [3.05, 3.63) is 35.4 Å². The van der Waals surface area contributed by atoms with Gasteiger partial charge in [-0.2, -0.15) is 0 Å². The number of hydrogen-bond acceptors (Lipinski definition) is 2. The smallest absolute Gasteiger partial charge is 0.0233 e. The highest BCUT2D eigenvalue weighted by Gasteiger charge is 2.25. The van der Waals surface area contributed by atoms with Crippen molar-refractivity contribution >= 4 is 0 Å². The Bertz CT molecular complexity index is 392. The second-order valence-electron chi connectivity index (χ2n) is 6.84. The predicted molar refractivity (Wildman–Crippen MR) is 87.1 cm³/mol. The molecule has 1 atom stereocenters. The molecular weight excluding hydrogens is 244 g/mol. The Morgan fingerprint density at radius 2 is 1.75 bits per heavy atom.